The van der Waals surface area contributed by atoms with E-state index in [9.17, 15) is 0 Å². The van der Waals surface area contributed by atoms with Crippen LogP contribution in [-0.4, -0.2) is 32.7 Å². The van der Waals surface area contributed by atoms with Crippen LogP contribution >= 0.6 is 0 Å². The number of H-pyrrole nitrogens is 1. The minimum Gasteiger partial charge on any atom is -0.346 e. The third kappa shape index (κ3) is 1.61. The van der Waals surface area contributed by atoms with Crippen molar-refractivity contribution >= 4 is 22.1 Å². The van der Waals surface area contributed by atoms with Crippen LogP contribution in [0.15, 0.2) is 24.8 Å². The summed E-state index contributed by atoms with van der Waals surface area (Å²) in [5.41, 5.74) is 3.06. The number of nitrogens with one attached hydrogen (secondary N) is 1. The largest absolute Gasteiger partial charge is 0.346 e. The van der Waals surface area contributed by atoms with Crippen LogP contribution in [0.3, 0.4) is 0 Å². The van der Waals surface area contributed by atoms with Crippen molar-refractivity contribution in [3.05, 3.63) is 24.8 Å². The predicted octanol–water partition coefficient (Wildman–Crippen LogP) is 2.28. The van der Waals surface area contributed by atoms with Gasteiger partial charge in [0, 0.05) is 24.7 Å². The van der Waals surface area contributed by atoms with Crippen LogP contribution in [0.2, 0.25) is 0 Å². The molecule has 5 heteroatoms. The zero-order chi connectivity index (χ0) is 12.8. The Labute approximate surface area is 111 Å². The molecule has 98 valence electrons. The lowest BCUT2D eigenvalue weighted by Gasteiger charge is -2.32. The monoisotopic (exact) mass is 255 g/mol. The Balaban J connectivity index is 1.87. The van der Waals surface area contributed by atoms with Gasteiger partial charge in [0.15, 0.2) is 0 Å². The van der Waals surface area contributed by atoms with Crippen LogP contribution in [0.5, 0.6) is 0 Å². The van der Waals surface area contributed by atoms with Crippen molar-refractivity contribution in [1.29, 1.82) is 0 Å². The molecule has 4 rings (SSSR count). The van der Waals surface area contributed by atoms with Crippen LogP contribution in [0.4, 0.5) is 0 Å². The minimum absolute atomic E-state index is 0.833. The highest BCUT2D eigenvalue weighted by molar-refractivity contribution is 6.01. The summed E-state index contributed by atoms with van der Waals surface area (Å²) in [6.07, 6.45) is 8.21. The first kappa shape index (κ1) is 10.8. The normalized spacial score (nSPS) is 17.6. The summed E-state index contributed by atoms with van der Waals surface area (Å²) in [5, 5.41) is 3.54. The molecule has 1 saturated heterocycles. The summed E-state index contributed by atoms with van der Waals surface area (Å²) >= 11 is 0. The molecule has 1 aliphatic heterocycles. The number of aromatic nitrogens is 4. The Morgan fingerprint density at radius 3 is 2.95 bits per heavy atom. The maximum atomic E-state index is 4.49. The molecule has 3 aromatic heterocycles. The highest BCUT2D eigenvalue weighted by Crippen LogP contribution is 2.24. The second-order valence-corrected chi connectivity index (χ2v) is 5.46. The summed E-state index contributed by atoms with van der Waals surface area (Å²) in [5.74, 6) is 0.833. The molecule has 4 heterocycles. The van der Waals surface area contributed by atoms with Crippen molar-refractivity contribution in [2.45, 2.75) is 19.8 Å². The molecule has 19 heavy (non-hydrogen) atoms. The third-order valence-electron chi connectivity index (χ3n) is 4.14. The number of hydrogen-bond donors (Lipinski definition) is 1. The minimum atomic E-state index is 0.833. The average Bonchev–Trinajstić information content (AvgIpc) is 3.04. The number of fused-ring (bicyclic) bond motifs is 3. The van der Waals surface area contributed by atoms with Crippen molar-refractivity contribution in [3.8, 4) is 0 Å². The second kappa shape index (κ2) is 3.98. The van der Waals surface area contributed by atoms with Crippen molar-refractivity contribution < 1.29 is 0 Å². The van der Waals surface area contributed by atoms with E-state index in [-0.39, 0.29) is 0 Å². The fourth-order valence-electron chi connectivity index (χ4n) is 2.92. The molecule has 0 unspecified atom stereocenters. The van der Waals surface area contributed by atoms with Gasteiger partial charge in [-0.2, -0.15) is 0 Å². The van der Waals surface area contributed by atoms with Crippen molar-refractivity contribution in [3.63, 3.8) is 0 Å². The van der Waals surface area contributed by atoms with Crippen LogP contribution < -0.4 is 5.01 Å². The van der Waals surface area contributed by atoms with Gasteiger partial charge in [-0.15, -0.1) is 0 Å². The maximum Gasteiger partial charge on any atom is 0.139 e. The molecule has 0 bridgehead atoms. The number of pyridine rings is 1. The molecule has 0 spiro atoms. The smallest absolute Gasteiger partial charge is 0.139 e. The number of imidazole rings is 1. The maximum absolute atomic E-state index is 4.49. The summed E-state index contributed by atoms with van der Waals surface area (Å²) in [6, 6.07) is 2.08. The summed E-state index contributed by atoms with van der Waals surface area (Å²) in [6.45, 7) is 4.53. The van der Waals surface area contributed by atoms with E-state index in [1.807, 2.05) is 18.7 Å². The van der Waals surface area contributed by atoms with Gasteiger partial charge in [0.1, 0.15) is 23.0 Å². The number of nitrogens with zero attached hydrogens (tertiary/aromatic N) is 4. The van der Waals surface area contributed by atoms with Gasteiger partial charge in [0.2, 0.25) is 0 Å². The predicted molar refractivity (Wildman–Crippen MR) is 75.7 cm³/mol. The highest BCUT2D eigenvalue weighted by Gasteiger charge is 2.19. The highest BCUT2D eigenvalue weighted by atomic mass is 15.6. The molecule has 0 radical (unpaired) electrons. The molecule has 0 atom stereocenters. The number of rotatable bonds is 1. The van der Waals surface area contributed by atoms with E-state index in [4.69, 9.17) is 0 Å². The summed E-state index contributed by atoms with van der Waals surface area (Å²) in [7, 11) is 0. The molecule has 1 N–H and O–H groups in total. The van der Waals surface area contributed by atoms with Gasteiger partial charge in [-0.25, -0.2) is 14.6 Å². The molecule has 0 saturated carbocycles. The van der Waals surface area contributed by atoms with Crippen LogP contribution in [0.25, 0.3) is 22.1 Å². The van der Waals surface area contributed by atoms with Gasteiger partial charge >= 0.3 is 0 Å². The second-order valence-electron chi connectivity index (χ2n) is 5.46. The molecular formula is C14H17N5. The Morgan fingerprint density at radius 2 is 2.11 bits per heavy atom. The standard InChI is InChI=1S/C14H17N5/c1-10-3-6-18(7-4-10)19-9-17-12-8-16-14-11(13(12)19)2-5-15-14/h2,5,8-10H,3-4,6-7H2,1H3,(H,15,16). The van der Waals surface area contributed by atoms with Crippen LogP contribution in [-0.2, 0) is 0 Å². The van der Waals surface area contributed by atoms with E-state index in [0.29, 0.717) is 0 Å². The summed E-state index contributed by atoms with van der Waals surface area (Å²) in [4.78, 5) is 12.0. The quantitative estimate of drug-likeness (QED) is 0.725. The lowest BCUT2D eigenvalue weighted by atomic mass is 10.0. The number of hydrogen-bond acceptors (Lipinski definition) is 3. The van der Waals surface area contributed by atoms with E-state index in [1.165, 1.54) is 18.4 Å². The zero-order valence-corrected chi connectivity index (χ0v) is 11.0. The molecule has 1 aliphatic rings. The molecule has 3 aromatic rings. The van der Waals surface area contributed by atoms with Crippen molar-refractivity contribution in [2.24, 2.45) is 5.92 Å². The average molecular weight is 255 g/mol. The van der Waals surface area contributed by atoms with Gasteiger partial charge in [-0.3, -0.25) is 0 Å². The van der Waals surface area contributed by atoms with Crippen molar-refractivity contribution in [2.75, 3.05) is 18.1 Å². The van der Waals surface area contributed by atoms with Gasteiger partial charge in [-0.1, -0.05) is 6.92 Å². The van der Waals surface area contributed by atoms with Crippen molar-refractivity contribution in [1.82, 2.24) is 19.6 Å². The van der Waals surface area contributed by atoms with E-state index in [2.05, 4.69) is 37.6 Å². The van der Waals surface area contributed by atoms with Crippen LogP contribution in [0, 0.1) is 5.92 Å². The van der Waals surface area contributed by atoms with Gasteiger partial charge in [-0.05, 0) is 24.8 Å². The van der Waals surface area contributed by atoms with Crippen LogP contribution in [0.1, 0.15) is 19.8 Å². The summed E-state index contributed by atoms with van der Waals surface area (Å²) < 4.78 is 2.21. The number of piperidine rings is 1. The first-order valence-corrected chi connectivity index (χ1v) is 6.87. The molecule has 1 fully saturated rings. The molecular weight excluding hydrogens is 238 g/mol. The van der Waals surface area contributed by atoms with E-state index >= 15 is 0 Å². The lowest BCUT2D eigenvalue weighted by Crippen LogP contribution is -2.40. The third-order valence-corrected chi connectivity index (χ3v) is 4.14. The molecule has 0 aromatic carbocycles. The molecule has 0 aliphatic carbocycles. The van der Waals surface area contributed by atoms with E-state index in [1.54, 1.807) is 0 Å². The lowest BCUT2D eigenvalue weighted by molar-refractivity contribution is 0.390. The Hall–Kier alpha value is -2.04. The van der Waals surface area contributed by atoms with Gasteiger partial charge in [0.25, 0.3) is 0 Å². The first-order chi connectivity index (χ1) is 9.33. The Kier molecular flexibility index (Phi) is 2.27. The first-order valence-electron chi connectivity index (χ1n) is 6.87. The topological polar surface area (TPSA) is 49.7 Å². The van der Waals surface area contributed by atoms with Gasteiger partial charge in [0.05, 0.1) is 6.20 Å². The van der Waals surface area contributed by atoms with E-state index < -0.39 is 0 Å². The van der Waals surface area contributed by atoms with Gasteiger partial charge < -0.3 is 9.99 Å². The fourth-order valence-corrected chi connectivity index (χ4v) is 2.92. The molecule has 5 nitrogen and oxygen atoms in total. The number of aromatic amines is 1. The van der Waals surface area contributed by atoms with E-state index in [0.717, 1.165) is 35.6 Å². The molecule has 0 amide bonds. The zero-order valence-electron chi connectivity index (χ0n) is 11.0. The Morgan fingerprint density at radius 1 is 1.26 bits per heavy atom. The Bertz CT molecular complexity index is 718. The SMILES string of the molecule is CC1CCN(n2cnc3cnc4[nH]ccc4c32)CC1. The fraction of sp³-hybridized carbons (Fsp3) is 0.429.